The van der Waals surface area contributed by atoms with E-state index in [1.165, 1.54) is 12.7 Å². The van der Waals surface area contributed by atoms with Crippen LogP contribution in [-0.2, 0) is 4.84 Å². The standard InChI is InChI=1S/C14H18N2O/c1-4-5-14(16-17-3)13(10-15)12-8-6-11(2)7-9-12/h6-9,13H,4-5H2,1-3H3/b16-14-. The van der Waals surface area contributed by atoms with Gasteiger partial charge in [-0.25, -0.2) is 0 Å². The molecular weight excluding hydrogens is 212 g/mol. The van der Waals surface area contributed by atoms with E-state index in [1.807, 2.05) is 31.2 Å². The maximum Gasteiger partial charge on any atom is 0.113 e. The maximum atomic E-state index is 9.29. The van der Waals surface area contributed by atoms with E-state index in [0.717, 1.165) is 24.1 Å². The number of aryl methyl sites for hydroxylation is 1. The molecule has 0 fully saturated rings. The zero-order valence-electron chi connectivity index (χ0n) is 10.6. The third-order valence-corrected chi connectivity index (χ3v) is 2.59. The summed E-state index contributed by atoms with van der Waals surface area (Å²) >= 11 is 0. The summed E-state index contributed by atoms with van der Waals surface area (Å²) in [6.07, 6.45) is 1.73. The van der Waals surface area contributed by atoms with Crippen molar-refractivity contribution in [3.8, 4) is 6.07 Å². The van der Waals surface area contributed by atoms with Crippen molar-refractivity contribution in [2.75, 3.05) is 7.11 Å². The van der Waals surface area contributed by atoms with Crippen molar-refractivity contribution < 1.29 is 4.84 Å². The minimum atomic E-state index is -0.310. The molecule has 0 aliphatic carbocycles. The predicted octanol–water partition coefficient (Wildman–Crippen LogP) is 3.40. The largest absolute Gasteiger partial charge is 0.399 e. The average molecular weight is 230 g/mol. The predicted molar refractivity (Wildman–Crippen MR) is 68.9 cm³/mol. The van der Waals surface area contributed by atoms with Crippen molar-refractivity contribution in [1.82, 2.24) is 0 Å². The molecule has 90 valence electrons. The second kappa shape index (κ2) is 6.70. The third kappa shape index (κ3) is 3.60. The lowest BCUT2D eigenvalue weighted by atomic mass is 9.92. The van der Waals surface area contributed by atoms with Crippen molar-refractivity contribution in [3.63, 3.8) is 0 Å². The maximum absolute atomic E-state index is 9.29. The van der Waals surface area contributed by atoms with Crippen LogP contribution in [0.2, 0.25) is 0 Å². The van der Waals surface area contributed by atoms with E-state index < -0.39 is 0 Å². The summed E-state index contributed by atoms with van der Waals surface area (Å²) in [4.78, 5) is 4.82. The first-order valence-corrected chi connectivity index (χ1v) is 5.79. The zero-order valence-corrected chi connectivity index (χ0v) is 10.6. The van der Waals surface area contributed by atoms with Crippen LogP contribution >= 0.6 is 0 Å². The van der Waals surface area contributed by atoms with Crippen molar-refractivity contribution in [1.29, 1.82) is 5.26 Å². The Morgan fingerprint density at radius 1 is 1.41 bits per heavy atom. The molecule has 0 aliphatic heterocycles. The quantitative estimate of drug-likeness (QED) is 0.574. The first kappa shape index (κ1) is 13.2. The fourth-order valence-corrected chi connectivity index (χ4v) is 1.72. The van der Waals surface area contributed by atoms with Gasteiger partial charge in [0.25, 0.3) is 0 Å². The SMILES string of the molecule is CCC/C(=N/OC)C(C#N)c1ccc(C)cc1. The van der Waals surface area contributed by atoms with Crippen molar-refractivity contribution in [3.05, 3.63) is 35.4 Å². The highest BCUT2D eigenvalue weighted by molar-refractivity contribution is 5.92. The molecule has 17 heavy (non-hydrogen) atoms. The number of benzene rings is 1. The molecule has 1 unspecified atom stereocenters. The summed E-state index contributed by atoms with van der Waals surface area (Å²) in [6, 6.07) is 10.3. The van der Waals surface area contributed by atoms with Crippen LogP contribution in [0, 0.1) is 18.3 Å². The Morgan fingerprint density at radius 3 is 2.53 bits per heavy atom. The smallest absolute Gasteiger partial charge is 0.113 e. The number of nitriles is 1. The Hall–Kier alpha value is -1.82. The highest BCUT2D eigenvalue weighted by Gasteiger charge is 2.17. The molecular formula is C14H18N2O. The van der Waals surface area contributed by atoms with Crippen molar-refractivity contribution in [2.45, 2.75) is 32.6 Å². The normalized spacial score (nSPS) is 12.9. The molecule has 0 radical (unpaired) electrons. The van der Waals surface area contributed by atoms with Gasteiger partial charge in [0.15, 0.2) is 0 Å². The number of rotatable bonds is 5. The van der Waals surface area contributed by atoms with Crippen LogP contribution in [0.15, 0.2) is 29.4 Å². The van der Waals surface area contributed by atoms with Crippen LogP contribution in [0.25, 0.3) is 0 Å². The van der Waals surface area contributed by atoms with E-state index in [0.29, 0.717) is 0 Å². The number of hydrogen-bond donors (Lipinski definition) is 0. The highest BCUT2D eigenvalue weighted by atomic mass is 16.6. The fraction of sp³-hybridized carbons (Fsp3) is 0.429. The second-order valence-electron chi connectivity index (χ2n) is 3.99. The molecule has 1 aromatic carbocycles. The van der Waals surface area contributed by atoms with Crippen LogP contribution in [0.5, 0.6) is 0 Å². The molecule has 0 saturated heterocycles. The van der Waals surface area contributed by atoms with Gasteiger partial charge in [-0.1, -0.05) is 48.3 Å². The average Bonchev–Trinajstić information content (AvgIpc) is 2.33. The number of nitrogens with zero attached hydrogens (tertiary/aromatic N) is 2. The Labute approximate surface area is 103 Å². The zero-order chi connectivity index (χ0) is 12.7. The minimum absolute atomic E-state index is 0.310. The summed E-state index contributed by atoms with van der Waals surface area (Å²) in [5.41, 5.74) is 2.95. The first-order chi connectivity index (χ1) is 8.22. The lowest BCUT2D eigenvalue weighted by Crippen LogP contribution is -2.11. The van der Waals surface area contributed by atoms with Gasteiger partial charge in [-0.05, 0) is 18.9 Å². The Morgan fingerprint density at radius 2 is 2.06 bits per heavy atom. The van der Waals surface area contributed by atoms with Crippen LogP contribution in [0.3, 0.4) is 0 Å². The minimum Gasteiger partial charge on any atom is -0.399 e. The van der Waals surface area contributed by atoms with E-state index >= 15 is 0 Å². The molecule has 1 atom stereocenters. The van der Waals surface area contributed by atoms with Gasteiger partial charge in [0, 0.05) is 0 Å². The molecule has 0 heterocycles. The summed E-state index contributed by atoms with van der Waals surface area (Å²) in [5.74, 6) is -0.310. The Bertz CT molecular complexity index is 415. The van der Waals surface area contributed by atoms with Gasteiger partial charge in [-0.3, -0.25) is 0 Å². The summed E-state index contributed by atoms with van der Waals surface area (Å²) in [5, 5.41) is 13.3. The van der Waals surface area contributed by atoms with Crippen molar-refractivity contribution in [2.24, 2.45) is 5.16 Å². The Kier molecular flexibility index (Phi) is 5.22. The fourth-order valence-electron chi connectivity index (χ4n) is 1.72. The molecule has 0 aromatic heterocycles. The van der Waals surface area contributed by atoms with E-state index in [-0.39, 0.29) is 5.92 Å². The van der Waals surface area contributed by atoms with Crippen LogP contribution < -0.4 is 0 Å². The molecule has 3 heteroatoms. The van der Waals surface area contributed by atoms with Crippen LogP contribution in [-0.4, -0.2) is 12.8 Å². The molecule has 0 N–H and O–H groups in total. The van der Waals surface area contributed by atoms with E-state index in [1.54, 1.807) is 0 Å². The van der Waals surface area contributed by atoms with Gasteiger partial charge in [-0.2, -0.15) is 5.26 Å². The van der Waals surface area contributed by atoms with Crippen LogP contribution in [0.4, 0.5) is 0 Å². The van der Waals surface area contributed by atoms with E-state index in [4.69, 9.17) is 4.84 Å². The summed E-state index contributed by atoms with van der Waals surface area (Å²) in [6.45, 7) is 4.09. The topological polar surface area (TPSA) is 45.4 Å². The number of hydrogen-bond acceptors (Lipinski definition) is 3. The summed E-state index contributed by atoms with van der Waals surface area (Å²) < 4.78 is 0. The Balaban J connectivity index is 3.01. The van der Waals surface area contributed by atoms with Crippen LogP contribution in [0.1, 0.15) is 36.8 Å². The number of oxime groups is 1. The lowest BCUT2D eigenvalue weighted by molar-refractivity contribution is 0.211. The first-order valence-electron chi connectivity index (χ1n) is 5.79. The second-order valence-corrected chi connectivity index (χ2v) is 3.99. The molecule has 0 saturated carbocycles. The van der Waals surface area contributed by atoms with Crippen molar-refractivity contribution >= 4 is 5.71 Å². The van der Waals surface area contributed by atoms with Gasteiger partial charge < -0.3 is 4.84 Å². The molecule has 0 spiro atoms. The van der Waals surface area contributed by atoms with Gasteiger partial charge in [0.05, 0.1) is 11.8 Å². The molecule has 0 aliphatic rings. The molecule has 1 rings (SSSR count). The van der Waals surface area contributed by atoms with E-state index in [2.05, 4.69) is 18.1 Å². The molecule has 1 aromatic rings. The lowest BCUT2D eigenvalue weighted by Gasteiger charge is -2.11. The molecule has 0 bridgehead atoms. The summed E-state index contributed by atoms with van der Waals surface area (Å²) in [7, 11) is 1.51. The third-order valence-electron chi connectivity index (χ3n) is 2.59. The van der Waals surface area contributed by atoms with Gasteiger partial charge in [0.2, 0.25) is 0 Å². The molecule has 3 nitrogen and oxygen atoms in total. The van der Waals surface area contributed by atoms with Gasteiger partial charge >= 0.3 is 0 Å². The monoisotopic (exact) mass is 230 g/mol. The molecule has 0 amide bonds. The van der Waals surface area contributed by atoms with E-state index in [9.17, 15) is 5.26 Å². The highest BCUT2D eigenvalue weighted by Crippen LogP contribution is 2.20. The van der Waals surface area contributed by atoms with Gasteiger partial charge in [0.1, 0.15) is 13.0 Å². The van der Waals surface area contributed by atoms with Gasteiger partial charge in [-0.15, -0.1) is 0 Å².